The number of anilines is 2. The van der Waals surface area contributed by atoms with Crippen LogP contribution in [0.25, 0.3) is 10.8 Å². The molecular formula is C12H15N3. The lowest BCUT2D eigenvalue weighted by Crippen LogP contribution is -2.11. The summed E-state index contributed by atoms with van der Waals surface area (Å²) in [6, 6.07) is 7.99. The Balaban J connectivity index is 2.81. The van der Waals surface area contributed by atoms with Crippen molar-refractivity contribution in [3.8, 4) is 0 Å². The van der Waals surface area contributed by atoms with Crippen LogP contribution in [0, 0.1) is 6.92 Å². The monoisotopic (exact) mass is 201 g/mol. The van der Waals surface area contributed by atoms with Gasteiger partial charge in [0.25, 0.3) is 0 Å². The standard InChI is InChI=1S/C12H15N3/c1-8-6-9-4-5-10(13)7-11(9)12(14-8)15(2)3/h4-7H,13H2,1-3H3. The SMILES string of the molecule is Cc1cc2ccc(N)cc2c(N(C)C)n1. The smallest absolute Gasteiger partial charge is 0.136 e. The summed E-state index contributed by atoms with van der Waals surface area (Å²) in [7, 11) is 3.98. The van der Waals surface area contributed by atoms with E-state index < -0.39 is 0 Å². The molecule has 2 rings (SSSR count). The lowest BCUT2D eigenvalue weighted by Gasteiger charge is -2.15. The molecule has 2 aromatic rings. The van der Waals surface area contributed by atoms with Crippen molar-refractivity contribution in [1.29, 1.82) is 0 Å². The molecule has 15 heavy (non-hydrogen) atoms. The Morgan fingerprint density at radius 2 is 1.93 bits per heavy atom. The number of benzene rings is 1. The molecule has 0 radical (unpaired) electrons. The van der Waals surface area contributed by atoms with Gasteiger partial charge in [-0.25, -0.2) is 4.98 Å². The van der Waals surface area contributed by atoms with Crippen LogP contribution in [-0.4, -0.2) is 19.1 Å². The second-order valence-corrected chi connectivity index (χ2v) is 3.96. The zero-order chi connectivity index (χ0) is 11.0. The van der Waals surface area contributed by atoms with Gasteiger partial charge in [-0.05, 0) is 30.5 Å². The predicted octanol–water partition coefficient (Wildman–Crippen LogP) is 2.19. The Labute approximate surface area is 89.5 Å². The Morgan fingerprint density at radius 1 is 1.20 bits per heavy atom. The van der Waals surface area contributed by atoms with E-state index in [1.807, 2.05) is 44.1 Å². The van der Waals surface area contributed by atoms with Gasteiger partial charge in [-0.3, -0.25) is 0 Å². The van der Waals surface area contributed by atoms with E-state index in [-0.39, 0.29) is 0 Å². The molecule has 0 saturated heterocycles. The van der Waals surface area contributed by atoms with Gasteiger partial charge in [0.15, 0.2) is 0 Å². The summed E-state index contributed by atoms with van der Waals surface area (Å²) in [5.41, 5.74) is 7.58. The molecule has 0 aliphatic carbocycles. The number of rotatable bonds is 1. The number of pyridine rings is 1. The van der Waals surface area contributed by atoms with Gasteiger partial charge in [-0.1, -0.05) is 6.07 Å². The number of aromatic nitrogens is 1. The molecule has 3 nitrogen and oxygen atoms in total. The van der Waals surface area contributed by atoms with E-state index in [2.05, 4.69) is 11.1 Å². The van der Waals surface area contributed by atoms with Gasteiger partial charge in [0.1, 0.15) is 5.82 Å². The topological polar surface area (TPSA) is 42.1 Å². The first kappa shape index (κ1) is 9.77. The molecule has 0 aliphatic heterocycles. The maximum atomic E-state index is 5.78. The largest absolute Gasteiger partial charge is 0.399 e. The van der Waals surface area contributed by atoms with Gasteiger partial charge in [0.2, 0.25) is 0 Å². The zero-order valence-corrected chi connectivity index (χ0v) is 9.28. The van der Waals surface area contributed by atoms with Crippen molar-refractivity contribution in [2.75, 3.05) is 24.7 Å². The molecule has 1 heterocycles. The first-order chi connectivity index (χ1) is 7.08. The molecule has 0 fully saturated rings. The minimum absolute atomic E-state index is 0.774. The summed E-state index contributed by atoms with van der Waals surface area (Å²) in [4.78, 5) is 6.52. The molecule has 0 aliphatic rings. The van der Waals surface area contributed by atoms with E-state index in [0.717, 1.165) is 22.6 Å². The summed E-state index contributed by atoms with van der Waals surface area (Å²) in [5, 5.41) is 2.28. The van der Waals surface area contributed by atoms with E-state index >= 15 is 0 Å². The number of hydrogen-bond acceptors (Lipinski definition) is 3. The fourth-order valence-electron chi connectivity index (χ4n) is 1.72. The number of nitrogen functional groups attached to an aromatic ring is 1. The fourth-order valence-corrected chi connectivity index (χ4v) is 1.72. The van der Waals surface area contributed by atoms with Crippen LogP contribution in [0.15, 0.2) is 24.3 Å². The highest BCUT2D eigenvalue weighted by atomic mass is 15.1. The molecule has 0 unspecified atom stereocenters. The van der Waals surface area contributed by atoms with Crippen molar-refractivity contribution in [1.82, 2.24) is 4.98 Å². The van der Waals surface area contributed by atoms with E-state index in [1.54, 1.807) is 0 Å². The van der Waals surface area contributed by atoms with E-state index in [4.69, 9.17) is 5.73 Å². The summed E-state index contributed by atoms with van der Waals surface area (Å²) < 4.78 is 0. The van der Waals surface area contributed by atoms with Crippen LogP contribution in [0.3, 0.4) is 0 Å². The minimum atomic E-state index is 0.774. The highest BCUT2D eigenvalue weighted by molar-refractivity contribution is 5.94. The van der Waals surface area contributed by atoms with Crippen molar-refractivity contribution >= 4 is 22.3 Å². The number of fused-ring (bicyclic) bond motifs is 1. The predicted molar refractivity (Wildman–Crippen MR) is 65.2 cm³/mol. The molecule has 0 bridgehead atoms. The molecular weight excluding hydrogens is 186 g/mol. The van der Waals surface area contributed by atoms with Crippen molar-refractivity contribution in [2.24, 2.45) is 0 Å². The maximum Gasteiger partial charge on any atom is 0.136 e. The second kappa shape index (κ2) is 3.42. The highest BCUT2D eigenvalue weighted by Gasteiger charge is 2.06. The maximum absolute atomic E-state index is 5.78. The molecule has 1 aromatic heterocycles. The van der Waals surface area contributed by atoms with Gasteiger partial charge < -0.3 is 10.6 Å². The Kier molecular flexibility index (Phi) is 2.23. The lowest BCUT2D eigenvalue weighted by atomic mass is 10.1. The third-order valence-corrected chi connectivity index (χ3v) is 2.39. The summed E-state index contributed by atoms with van der Waals surface area (Å²) >= 11 is 0. The molecule has 0 atom stereocenters. The van der Waals surface area contributed by atoms with Gasteiger partial charge >= 0.3 is 0 Å². The Morgan fingerprint density at radius 3 is 2.60 bits per heavy atom. The average Bonchev–Trinajstić information content (AvgIpc) is 2.17. The number of hydrogen-bond donors (Lipinski definition) is 1. The fraction of sp³-hybridized carbons (Fsp3) is 0.250. The summed E-state index contributed by atoms with van der Waals surface area (Å²) in [5.74, 6) is 0.970. The molecule has 1 aromatic carbocycles. The Bertz CT molecular complexity index is 503. The van der Waals surface area contributed by atoms with E-state index in [0.29, 0.717) is 0 Å². The molecule has 2 N–H and O–H groups in total. The third kappa shape index (κ3) is 1.73. The van der Waals surface area contributed by atoms with Crippen LogP contribution >= 0.6 is 0 Å². The summed E-state index contributed by atoms with van der Waals surface area (Å²) in [6.45, 7) is 2.00. The van der Waals surface area contributed by atoms with Crippen LogP contribution in [0.2, 0.25) is 0 Å². The highest BCUT2D eigenvalue weighted by Crippen LogP contribution is 2.26. The number of nitrogens with zero attached hydrogens (tertiary/aromatic N) is 2. The van der Waals surface area contributed by atoms with E-state index in [9.17, 15) is 0 Å². The average molecular weight is 201 g/mol. The van der Waals surface area contributed by atoms with Crippen LogP contribution < -0.4 is 10.6 Å². The first-order valence-corrected chi connectivity index (χ1v) is 4.92. The van der Waals surface area contributed by atoms with Crippen molar-refractivity contribution < 1.29 is 0 Å². The summed E-state index contributed by atoms with van der Waals surface area (Å²) in [6.07, 6.45) is 0. The van der Waals surface area contributed by atoms with Crippen LogP contribution in [-0.2, 0) is 0 Å². The third-order valence-electron chi connectivity index (χ3n) is 2.39. The van der Waals surface area contributed by atoms with Gasteiger partial charge in [-0.2, -0.15) is 0 Å². The van der Waals surface area contributed by atoms with Gasteiger partial charge in [0, 0.05) is 30.9 Å². The van der Waals surface area contributed by atoms with Gasteiger partial charge in [-0.15, -0.1) is 0 Å². The second-order valence-electron chi connectivity index (χ2n) is 3.96. The quantitative estimate of drug-likeness (QED) is 0.719. The van der Waals surface area contributed by atoms with E-state index in [1.165, 1.54) is 5.39 Å². The van der Waals surface area contributed by atoms with Crippen LogP contribution in [0.4, 0.5) is 11.5 Å². The number of nitrogens with two attached hydrogens (primary N) is 1. The van der Waals surface area contributed by atoms with Crippen molar-refractivity contribution in [2.45, 2.75) is 6.92 Å². The molecule has 0 saturated carbocycles. The van der Waals surface area contributed by atoms with Crippen LogP contribution in [0.1, 0.15) is 5.69 Å². The molecule has 0 amide bonds. The number of aryl methyl sites for hydroxylation is 1. The normalized spacial score (nSPS) is 10.6. The Hall–Kier alpha value is -1.77. The minimum Gasteiger partial charge on any atom is -0.399 e. The van der Waals surface area contributed by atoms with Crippen molar-refractivity contribution in [3.05, 3.63) is 30.0 Å². The van der Waals surface area contributed by atoms with Crippen LogP contribution in [0.5, 0.6) is 0 Å². The van der Waals surface area contributed by atoms with Crippen molar-refractivity contribution in [3.63, 3.8) is 0 Å². The van der Waals surface area contributed by atoms with Gasteiger partial charge in [0.05, 0.1) is 0 Å². The molecule has 0 spiro atoms. The first-order valence-electron chi connectivity index (χ1n) is 4.92. The lowest BCUT2D eigenvalue weighted by molar-refractivity contribution is 1.06. The molecule has 78 valence electrons. The molecule has 3 heteroatoms. The zero-order valence-electron chi connectivity index (χ0n) is 9.28.